The summed E-state index contributed by atoms with van der Waals surface area (Å²) in [6.45, 7) is 3.25. The Labute approximate surface area is 187 Å². The fourth-order valence-electron chi connectivity index (χ4n) is 3.83. The number of nitrogens with two attached hydrogens (primary N) is 1. The van der Waals surface area contributed by atoms with Crippen molar-refractivity contribution in [2.75, 3.05) is 49.6 Å². The second-order valence-electron chi connectivity index (χ2n) is 8.69. The van der Waals surface area contributed by atoms with E-state index in [0.29, 0.717) is 37.2 Å². The van der Waals surface area contributed by atoms with Crippen molar-refractivity contribution in [2.45, 2.75) is 39.3 Å². The van der Waals surface area contributed by atoms with Gasteiger partial charge in [0.25, 0.3) is 5.91 Å². The molecule has 1 heterocycles. The standard InChI is InChI=1S/C22H32F2N4O4/c1-14(2)11-27(12-15-3-4-15)18(10-25)21(30)26-17-6-5-16(9-19(17)32-22(23)24)28-7-8-31-13-20(28)29/h5-6,9,14-15,18,22H,3-4,7-8,10-13,25H2,1-2H3,(H,26,30)/t18-/m1/s1. The van der Waals surface area contributed by atoms with E-state index in [1.165, 1.54) is 17.0 Å². The van der Waals surface area contributed by atoms with Gasteiger partial charge in [0, 0.05) is 37.9 Å². The zero-order chi connectivity index (χ0) is 23.3. The molecule has 0 radical (unpaired) electrons. The number of nitrogens with zero attached hydrogens (tertiary/aromatic N) is 2. The highest BCUT2D eigenvalue weighted by molar-refractivity contribution is 5.98. The van der Waals surface area contributed by atoms with Crippen LogP contribution in [0.5, 0.6) is 5.75 Å². The summed E-state index contributed by atoms with van der Waals surface area (Å²) in [5, 5.41) is 2.71. The van der Waals surface area contributed by atoms with Crippen molar-refractivity contribution in [1.82, 2.24) is 4.90 Å². The normalized spacial score (nSPS) is 17.9. The molecule has 0 bridgehead atoms. The molecule has 1 aliphatic carbocycles. The minimum atomic E-state index is -3.08. The first-order valence-corrected chi connectivity index (χ1v) is 11.0. The van der Waals surface area contributed by atoms with Crippen molar-refractivity contribution in [3.8, 4) is 5.75 Å². The van der Waals surface area contributed by atoms with E-state index in [1.54, 1.807) is 6.07 Å². The van der Waals surface area contributed by atoms with Crippen molar-refractivity contribution in [3.05, 3.63) is 18.2 Å². The molecule has 1 saturated heterocycles. The first-order chi connectivity index (χ1) is 15.3. The molecule has 1 aromatic rings. The molecule has 0 unspecified atom stereocenters. The van der Waals surface area contributed by atoms with Gasteiger partial charge in [0.1, 0.15) is 12.6 Å². The molecule has 8 nitrogen and oxygen atoms in total. The SMILES string of the molecule is CC(C)CN(CC1CC1)[C@H](CN)C(=O)Nc1ccc(N2CCOCC2=O)cc1OC(F)F. The van der Waals surface area contributed by atoms with E-state index >= 15 is 0 Å². The van der Waals surface area contributed by atoms with Crippen molar-refractivity contribution < 1.29 is 27.8 Å². The van der Waals surface area contributed by atoms with E-state index in [4.69, 9.17) is 10.5 Å². The Kier molecular flexibility index (Phi) is 8.38. The van der Waals surface area contributed by atoms with Crippen LogP contribution in [0.3, 0.4) is 0 Å². The van der Waals surface area contributed by atoms with Crippen LogP contribution in [0.25, 0.3) is 0 Å². The lowest BCUT2D eigenvalue weighted by molar-refractivity contribution is -0.125. The van der Waals surface area contributed by atoms with Gasteiger partial charge in [-0.25, -0.2) is 0 Å². The molecule has 0 spiro atoms. The van der Waals surface area contributed by atoms with Crippen LogP contribution in [0.1, 0.15) is 26.7 Å². The summed E-state index contributed by atoms with van der Waals surface area (Å²) in [6.07, 6.45) is 2.28. The summed E-state index contributed by atoms with van der Waals surface area (Å²) in [4.78, 5) is 28.7. The Morgan fingerprint density at radius 1 is 1.38 bits per heavy atom. The molecule has 1 atom stereocenters. The number of rotatable bonds is 11. The maximum Gasteiger partial charge on any atom is 0.387 e. The summed E-state index contributed by atoms with van der Waals surface area (Å²) >= 11 is 0. The Morgan fingerprint density at radius 3 is 2.72 bits per heavy atom. The minimum Gasteiger partial charge on any atom is -0.433 e. The third kappa shape index (κ3) is 6.60. The number of carbonyl (C=O) groups is 2. The van der Waals surface area contributed by atoms with Gasteiger partial charge in [-0.2, -0.15) is 8.78 Å². The lowest BCUT2D eigenvalue weighted by Crippen LogP contribution is -2.50. The molecule has 1 aromatic carbocycles. The summed E-state index contributed by atoms with van der Waals surface area (Å²) in [6, 6.07) is 3.80. The van der Waals surface area contributed by atoms with E-state index in [1.807, 2.05) is 0 Å². The van der Waals surface area contributed by atoms with Crippen LogP contribution in [-0.2, 0) is 14.3 Å². The fraction of sp³-hybridized carbons (Fsp3) is 0.636. The average Bonchev–Trinajstić information content (AvgIpc) is 3.53. The first-order valence-electron chi connectivity index (χ1n) is 11.0. The number of morpholine rings is 1. The molecule has 1 saturated carbocycles. The highest BCUT2D eigenvalue weighted by atomic mass is 19.3. The monoisotopic (exact) mass is 454 g/mol. The minimum absolute atomic E-state index is 0.0750. The topological polar surface area (TPSA) is 97.1 Å². The van der Waals surface area contributed by atoms with Gasteiger partial charge in [0.2, 0.25) is 5.91 Å². The van der Waals surface area contributed by atoms with Crippen LogP contribution in [0.2, 0.25) is 0 Å². The van der Waals surface area contributed by atoms with Gasteiger partial charge in [-0.05, 0) is 36.8 Å². The number of hydrogen-bond acceptors (Lipinski definition) is 6. The lowest BCUT2D eigenvalue weighted by Gasteiger charge is -2.32. The van der Waals surface area contributed by atoms with Gasteiger partial charge < -0.3 is 25.4 Å². The molecule has 10 heteroatoms. The number of ether oxygens (including phenoxy) is 2. The van der Waals surface area contributed by atoms with Crippen LogP contribution >= 0.6 is 0 Å². The molecule has 3 rings (SSSR count). The summed E-state index contributed by atoms with van der Waals surface area (Å²) in [5.41, 5.74) is 6.45. The van der Waals surface area contributed by atoms with E-state index in [9.17, 15) is 18.4 Å². The molecule has 2 fully saturated rings. The number of halogens is 2. The van der Waals surface area contributed by atoms with Crippen molar-refractivity contribution in [3.63, 3.8) is 0 Å². The molecule has 0 aromatic heterocycles. The predicted molar refractivity (Wildman–Crippen MR) is 117 cm³/mol. The van der Waals surface area contributed by atoms with Crippen molar-refractivity contribution >= 4 is 23.2 Å². The van der Waals surface area contributed by atoms with Crippen molar-refractivity contribution in [1.29, 1.82) is 0 Å². The molecule has 2 amide bonds. The number of nitrogens with one attached hydrogen (secondary N) is 1. The number of carbonyl (C=O) groups excluding carboxylic acids is 2. The van der Waals surface area contributed by atoms with Crippen molar-refractivity contribution in [2.24, 2.45) is 17.6 Å². The van der Waals surface area contributed by atoms with E-state index in [2.05, 4.69) is 28.8 Å². The quantitative estimate of drug-likeness (QED) is 0.533. The van der Waals surface area contributed by atoms with Gasteiger partial charge in [-0.1, -0.05) is 13.8 Å². The molecule has 178 valence electrons. The van der Waals surface area contributed by atoms with E-state index < -0.39 is 12.7 Å². The molecule has 3 N–H and O–H groups in total. The lowest BCUT2D eigenvalue weighted by atomic mass is 10.1. The number of benzene rings is 1. The third-order valence-corrected chi connectivity index (χ3v) is 5.49. The highest BCUT2D eigenvalue weighted by Gasteiger charge is 2.32. The molecular weight excluding hydrogens is 422 g/mol. The van der Waals surface area contributed by atoms with Gasteiger partial charge in [0.05, 0.1) is 12.3 Å². The second-order valence-corrected chi connectivity index (χ2v) is 8.69. The molecule has 2 aliphatic rings. The maximum atomic E-state index is 13.1. The van der Waals surface area contributed by atoms with E-state index in [-0.39, 0.29) is 36.4 Å². The zero-order valence-electron chi connectivity index (χ0n) is 18.6. The molecule has 32 heavy (non-hydrogen) atoms. The summed E-state index contributed by atoms with van der Waals surface area (Å²) < 4.78 is 35.9. The third-order valence-electron chi connectivity index (χ3n) is 5.49. The number of amides is 2. The smallest absolute Gasteiger partial charge is 0.387 e. The Balaban J connectivity index is 1.79. The van der Waals surface area contributed by atoms with Gasteiger partial charge in [-0.15, -0.1) is 0 Å². The first kappa shape index (κ1) is 24.3. The van der Waals surface area contributed by atoms with Gasteiger partial charge in [0.15, 0.2) is 5.75 Å². The molecule has 1 aliphatic heterocycles. The summed E-state index contributed by atoms with van der Waals surface area (Å²) in [5.74, 6) is 0.0580. The largest absolute Gasteiger partial charge is 0.433 e. The Morgan fingerprint density at radius 2 is 2.12 bits per heavy atom. The molecular formula is C22H32F2N4O4. The van der Waals surface area contributed by atoms with E-state index in [0.717, 1.165) is 19.4 Å². The Hall–Kier alpha value is -2.30. The highest BCUT2D eigenvalue weighted by Crippen LogP contribution is 2.33. The predicted octanol–water partition coefficient (Wildman–Crippen LogP) is 2.29. The van der Waals surface area contributed by atoms with Crippen LogP contribution in [0.4, 0.5) is 20.2 Å². The van der Waals surface area contributed by atoms with Gasteiger partial charge >= 0.3 is 6.61 Å². The number of alkyl halides is 2. The number of anilines is 2. The summed E-state index contributed by atoms with van der Waals surface area (Å²) in [7, 11) is 0. The number of hydrogen-bond donors (Lipinski definition) is 2. The second kappa shape index (κ2) is 11.0. The van der Waals surface area contributed by atoms with Gasteiger partial charge in [-0.3, -0.25) is 14.5 Å². The zero-order valence-corrected chi connectivity index (χ0v) is 18.6. The van der Waals surface area contributed by atoms with Crippen LogP contribution in [0, 0.1) is 11.8 Å². The van der Waals surface area contributed by atoms with Crippen LogP contribution in [0.15, 0.2) is 18.2 Å². The maximum absolute atomic E-state index is 13.1. The van der Waals surface area contributed by atoms with Crippen LogP contribution < -0.4 is 20.7 Å². The Bertz CT molecular complexity index is 800. The average molecular weight is 455 g/mol. The fourth-order valence-corrected chi connectivity index (χ4v) is 3.83. The van der Waals surface area contributed by atoms with Crippen LogP contribution in [-0.4, -0.2) is 68.8 Å².